The fourth-order valence-electron chi connectivity index (χ4n) is 3.83. The standard InChI is InChI=1S/C28H24NO2P/c30-28(31)22-23-16-18-24(19-17-23)29-20-21-32(25-10-4-1-5-11-25,26-12-6-2-7-13-26)27-14-8-3-9-15-27/h1-21,29H,22H2/p+1. The van der Waals surface area contributed by atoms with Crippen molar-refractivity contribution >= 4 is 34.8 Å². The third-order valence-electron chi connectivity index (χ3n) is 5.35. The van der Waals surface area contributed by atoms with Gasteiger partial charge in [0.2, 0.25) is 0 Å². The first-order chi connectivity index (χ1) is 15.7. The minimum atomic E-state index is -2.04. The Kier molecular flexibility index (Phi) is 6.79. The lowest BCUT2D eigenvalue weighted by molar-refractivity contribution is -0.136. The van der Waals surface area contributed by atoms with E-state index >= 15 is 0 Å². The second-order valence-electron chi connectivity index (χ2n) is 7.46. The first-order valence-corrected chi connectivity index (χ1v) is 12.3. The average Bonchev–Trinajstić information content (AvgIpc) is 2.84. The Morgan fingerprint density at radius 2 is 1.12 bits per heavy atom. The minimum absolute atomic E-state index is 0.0286. The second-order valence-corrected chi connectivity index (χ2v) is 10.7. The van der Waals surface area contributed by atoms with Crippen LogP contribution < -0.4 is 21.2 Å². The average molecular weight is 438 g/mol. The summed E-state index contributed by atoms with van der Waals surface area (Å²) in [6.07, 6.45) is 2.05. The molecule has 3 nitrogen and oxygen atoms in total. The van der Waals surface area contributed by atoms with Crippen molar-refractivity contribution in [3.8, 4) is 0 Å². The number of nitrogens with one attached hydrogen (secondary N) is 1. The van der Waals surface area contributed by atoms with Crippen LogP contribution in [0.5, 0.6) is 0 Å². The van der Waals surface area contributed by atoms with E-state index in [2.05, 4.69) is 102 Å². The number of carboxylic acid groups (broad SMARTS) is 1. The number of aliphatic carboxylic acids is 1. The number of benzene rings is 4. The van der Waals surface area contributed by atoms with Crippen molar-refractivity contribution in [1.82, 2.24) is 0 Å². The molecule has 0 heterocycles. The van der Waals surface area contributed by atoms with Gasteiger partial charge in [0, 0.05) is 11.9 Å². The molecule has 0 aliphatic heterocycles. The molecule has 4 rings (SSSR count). The smallest absolute Gasteiger partial charge is 0.307 e. The Labute approximate surface area is 189 Å². The van der Waals surface area contributed by atoms with Gasteiger partial charge in [-0.15, -0.1) is 0 Å². The number of anilines is 1. The fraction of sp³-hybridized carbons (Fsp3) is 0.0357. The zero-order valence-electron chi connectivity index (χ0n) is 17.6. The molecule has 0 bridgehead atoms. The van der Waals surface area contributed by atoms with Crippen LogP contribution in [-0.4, -0.2) is 11.1 Å². The topological polar surface area (TPSA) is 49.3 Å². The van der Waals surface area contributed by atoms with Gasteiger partial charge in [-0.3, -0.25) is 4.79 Å². The number of carbonyl (C=O) groups is 1. The van der Waals surface area contributed by atoms with Crippen LogP contribution in [0.1, 0.15) is 5.56 Å². The maximum Gasteiger partial charge on any atom is 0.307 e. The molecule has 0 saturated heterocycles. The third kappa shape index (κ3) is 4.80. The van der Waals surface area contributed by atoms with Gasteiger partial charge >= 0.3 is 5.97 Å². The van der Waals surface area contributed by atoms with Crippen LogP contribution in [0.4, 0.5) is 5.69 Å². The molecule has 32 heavy (non-hydrogen) atoms. The predicted molar refractivity (Wildman–Crippen MR) is 136 cm³/mol. The maximum atomic E-state index is 10.9. The van der Waals surface area contributed by atoms with E-state index in [-0.39, 0.29) is 6.42 Å². The van der Waals surface area contributed by atoms with Crippen molar-refractivity contribution in [2.24, 2.45) is 0 Å². The number of hydrogen-bond donors (Lipinski definition) is 2. The normalized spacial score (nSPS) is 11.4. The third-order valence-corrected chi connectivity index (χ3v) is 9.28. The molecule has 0 saturated carbocycles. The molecule has 0 atom stereocenters. The van der Waals surface area contributed by atoms with Crippen molar-refractivity contribution in [3.63, 3.8) is 0 Å². The Hall–Kier alpha value is -3.68. The van der Waals surface area contributed by atoms with Gasteiger partial charge in [0.05, 0.1) is 12.2 Å². The van der Waals surface area contributed by atoms with E-state index in [9.17, 15) is 4.79 Å². The lowest BCUT2D eigenvalue weighted by atomic mass is 10.1. The van der Waals surface area contributed by atoms with Crippen LogP contribution in [0.2, 0.25) is 0 Å². The highest BCUT2D eigenvalue weighted by atomic mass is 31.2. The van der Waals surface area contributed by atoms with Crippen molar-refractivity contribution in [3.05, 3.63) is 133 Å². The molecule has 0 aromatic heterocycles. The Morgan fingerprint density at radius 1 is 0.688 bits per heavy atom. The zero-order chi connectivity index (χ0) is 22.2. The summed E-state index contributed by atoms with van der Waals surface area (Å²) in [7, 11) is -2.04. The van der Waals surface area contributed by atoms with Gasteiger partial charge in [0.15, 0.2) is 0 Å². The number of hydrogen-bond acceptors (Lipinski definition) is 2. The van der Waals surface area contributed by atoms with Crippen molar-refractivity contribution in [1.29, 1.82) is 0 Å². The van der Waals surface area contributed by atoms with E-state index in [0.717, 1.165) is 11.3 Å². The molecule has 0 spiro atoms. The molecule has 2 N–H and O–H groups in total. The van der Waals surface area contributed by atoms with Gasteiger partial charge in [0.1, 0.15) is 23.2 Å². The van der Waals surface area contributed by atoms with Gasteiger partial charge in [-0.25, -0.2) is 0 Å². The number of rotatable bonds is 8. The summed E-state index contributed by atoms with van der Waals surface area (Å²) in [6, 6.07) is 39.5. The van der Waals surface area contributed by atoms with Gasteiger partial charge in [-0.2, -0.15) is 0 Å². The Balaban J connectivity index is 1.75. The lowest BCUT2D eigenvalue weighted by Gasteiger charge is -2.24. The van der Waals surface area contributed by atoms with Crippen molar-refractivity contribution in [2.75, 3.05) is 5.32 Å². The highest BCUT2D eigenvalue weighted by Gasteiger charge is 2.43. The molecule has 4 aromatic rings. The van der Waals surface area contributed by atoms with Crippen LogP contribution in [0, 0.1) is 0 Å². The molecule has 0 aliphatic carbocycles. The van der Waals surface area contributed by atoms with E-state index in [1.54, 1.807) is 0 Å². The molecule has 0 amide bonds. The monoisotopic (exact) mass is 438 g/mol. The van der Waals surface area contributed by atoms with Crippen LogP contribution in [-0.2, 0) is 11.2 Å². The summed E-state index contributed by atoms with van der Waals surface area (Å²) in [5, 5.41) is 16.2. The molecule has 0 radical (unpaired) electrons. The predicted octanol–water partition coefficient (Wildman–Crippen LogP) is 5.19. The summed E-state index contributed by atoms with van der Waals surface area (Å²) >= 11 is 0. The van der Waals surface area contributed by atoms with E-state index in [1.165, 1.54) is 15.9 Å². The molecule has 158 valence electrons. The largest absolute Gasteiger partial charge is 0.481 e. The summed E-state index contributed by atoms with van der Waals surface area (Å²) in [6.45, 7) is 0. The highest BCUT2D eigenvalue weighted by Crippen LogP contribution is 2.56. The summed E-state index contributed by atoms with van der Waals surface area (Å²) in [5.41, 5.74) is 1.70. The van der Waals surface area contributed by atoms with E-state index in [4.69, 9.17) is 5.11 Å². The van der Waals surface area contributed by atoms with Crippen molar-refractivity contribution < 1.29 is 9.90 Å². The first-order valence-electron chi connectivity index (χ1n) is 10.5. The van der Waals surface area contributed by atoms with Crippen LogP contribution in [0.25, 0.3) is 0 Å². The molecular weight excluding hydrogens is 413 g/mol. The van der Waals surface area contributed by atoms with Crippen LogP contribution in [0.15, 0.2) is 127 Å². The molecular formula is C28H25NO2P+. The SMILES string of the molecule is O=C(O)Cc1ccc(NC=C[P+](c2ccccc2)(c2ccccc2)c2ccccc2)cc1. The van der Waals surface area contributed by atoms with Crippen molar-refractivity contribution in [2.45, 2.75) is 6.42 Å². The molecule has 4 heteroatoms. The van der Waals surface area contributed by atoms with Gasteiger partial charge < -0.3 is 10.4 Å². The molecule has 0 fully saturated rings. The van der Waals surface area contributed by atoms with E-state index in [1.807, 2.05) is 30.5 Å². The first kappa shape index (κ1) is 21.5. The minimum Gasteiger partial charge on any atom is -0.481 e. The highest BCUT2D eigenvalue weighted by molar-refractivity contribution is 7.98. The van der Waals surface area contributed by atoms with Gasteiger partial charge in [0.25, 0.3) is 0 Å². The summed E-state index contributed by atoms with van der Waals surface area (Å²) in [4.78, 5) is 10.9. The summed E-state index contributed by atoms with van der Waals surface area (Å²) < 4.78 is 0. The maximum absolute atomic E-state index is 10.9. The quantitative estimate of drug-likeness (QED) is 0.372. The van der Waals surface area contributed by atoms with Gasteiger partial charge in [-0.05, 0) is 54.1 Å². The molecule has 0 aliphatic rings. The molecule has 4 aromatic carbocycles. The van der Waals surface area contributed by atoms with Crippen LogP contribution in [0.3, 0.4) is 0 Å². The zero-order valence-corrected chi connectivity index (χ0v) is 18.5. The summed E-state index contributed by atoms with van der Waals surface area (Å²) in [5.74, 6) is 1.48. The lowest BCUT2D eigenvalue weighted by Crippen LogP contribution is -2.29. The second kappa shape index (κ2) is 10.1. The molecule has 0 unspecified atom stereocenters. The Bertz CT molecular complexity index is 1080. The Morgan fingerprint density at radius 3 is 1.53 bits per heavy atom. The number of carboxylic acids is 1. The van der Waals surface area contributed by atoms with Crippen LogP contribution >= 0.6 is 7.26 Å². The van der Waals surface area contributed by atoms with E-state index < -0.39 is 13.2 Å². The van der Waals surface area contributed by atoms with E-state index in [0.29, 0.717) is 0 Å². The van der Waals surface area contributed by atoms with Gasteiger partial charge in [-0.1, -0.05) is 66.7 Å². The fourth-order valence-corrected chi connectivity index (χ4v) is 7.47.